The Morgan fingerprint density at radius 2 is 1.73 bits per heavy atom. The van der Waals surface area contributed by atoms with Crippen LogP contribution in [0.25, 0.3) is 0 Å². The highest BCUT2D eigenvalue weighted by Gasteiger charge is 2.05. The minimum absolute atomic E-state index is 0.362. The van der Waals surface area contributed by atoms with Crippen LogP contribution in [0.5, 0.6) is 5.75 Å². The largest absolute Gasteiger partial charge is 0.495 e. The Kier molecular flexibility index (Phi) is 5.38. The zero-order chi connectivity index (χ0) is 18.5. The molecule has 0 aliphatic rings. The second-order valence-corrected chi connectivity index (χ2v) is 6.11. The normalized spacial score (nSPS) is 10.3. The molecule has 134 valence electrons. The molecule has 0 saturated carbocycles. The van der Waals surface area contributed by atoms with E-state index >= 15 is 0 Å². The predicted octanol–water partition coefficient (Wildman–Crippen LogP) is 4.09. The van der Waals surface area contributed by atoms with Crippen molar-refractivity contribution in [3.8, 4) is 5.75 Å². The van der Waals surface area contributed by atoms with Crippen LogP contribution in [-0.2, 0) is 0 Å². The van der Waals surface area contributed by atoms with Crippen molar-refractivity contribution in [2.24, 2.45) is 0 Å². The number of nitrogens with one attached hydrogen (secondary N) is 2. The number of aromatic nitrogens is 3. The molecular formula is C18H19ClN6O. The van der Waals surface area contributed by atoms with Crippen LogP contribution in [0.2, 0.25) is 5.02 Å². The summed E-state index contributed by atoms with van der Waals surface area (Å²) >= 11 is 6.13. The third-order valence-corrected chi connectivity index (χ3v) is 3.92. The number of methoxy groups -OCH3 is 1. The summed E-state index contributed by atoms with van der Waals surface area (Å²) < 4.78 is 5.14. The minimum Gasteiger partial charge on any atom is -0.495 e. The molecule has 0 bridgehead atoms. The van der Waals surface area contributed by atoms with Gasteiger partial charge in [-0.2, -0.15) is 10.1 Å². The van der Waals surface area contributed by atoms with E-state index in [0.29, 0.717) is 22.5 Å². The monoisotopic (exact) mass is 370 g/mol. The Balaban J connectivity index is 1.72. The van der Waals surface area contributed by atoms with Crippen LogP contribution in [0.15, 0.2) is 48.7 Å². The zero-order valence-electron chi connectivity index (χ0n) is 14.7. The smallest absolute Gasteiger partial charge is 0.249 e. The van der Waals surface area contributed by atoms with E-state index in [-0.39, 0.29) is 0 Å². The van der Waals surface area contributed by atoms with E-state index in [4.69, 9.17) is 16.3 Å². The van der Waals surface area contributed by atoms with Crippen LogP contribution >= 0.6 is 11.6 Å². The van der Waals surface area contributed by atoms with Gasteiger partial charge in [0.1, 0.15) is 5.75 Å². The Hall–Kier alpha value is -3.06. The van der Waals surface area contributed by atoms with Gasteiger partial charge in [-0.05, 0) is 42.5 Å². The van der Waals surface area contributed by atoms with Crippen LogP contribution in [0.4, 0.5) is 28.8 Å². The quantitative estimate of drug-likeness (QED) is 0.676. The fraction of sp³-hybridized carbons (Fsp3) is 0.167. The SMILES string of the molecule is COc1ccc(Nc2nncc(Nc3ccc(N(C)C)cc3)n2)cc1Cl. The minimum atomic E-state index is 0.362. The number of nitrogens with zero attached hydrogens (tertiary/aromatic N) is 4. The maximum atomic E-state index is 6.13. The number of ether oxygens (including phenoxy) is 1. The molecule has 3 rings (SSSR count). The molecule has 2 aromatic carbocycles. The van der Waals surface area contributed by atoms with Gasteiger partial charge in [0.25, 0.3) is 0 Å². The summed E-state index contributed by atoms with van der Waals surface area (Å²) in [5.41, 5.74) is 2.77. The van der Waals surface area contributed by atoms with E-state index in [1.165, 1.54) is 0 Å². The molecular weight excluding hydrogens is 352 g/mol. The molecule has 8 heteroatoms. The van der Waals surface area contributed by atoms with Gasteiger partial charge in [0, 0.05) is 31.2 Å². The molecule has 0 amide bonds. The summed E-state index contributed by atoms with van der Waals surface area (Å²) in [4.78, 5) is 6.45. The van der Waals surface area contributed by atoms with E-state index in [0.717, 1.165) is 17.1 Å². The molecule has 1 aromatic heterocycles. The van der Waals surface area contributed by atoms with Crippen molar-refractivity contribution in [2.75, 3.05) is 36.7 Å². The number of benzene rings is 2. The van der Waals surface area contributed by atoms with Gasteiger partial charge in [0.05, 0.1) is 18.3 Å². The zero-order valence-corrected chi connectivity index (χ0v) is 15.4. The highest BCUT2D eigenvalue weighted by atomic mass is 35.5. The van der Waals surface area contributed by atoms with Crippen molar-refractivity contribution in [1.29, 1.82) is 0 Å². The maximum Gasteiger partial charge on any atom is 0.249 e. The first kappa shape index (κ1) is 17.8. The van der Waals surface area contributed by atoms with Crippen LogP contribution in [0.1, 0.15) is 0 Å². The van der Waals surface area contributed by atoms with E-state index in [2.05, 4.69) is 25.8 Å². The van der Waals surface area contributed by atoms with E-state index in [9.17, 15) is 0 Å². The molecule has 0 unspecified atom stereocenters. The van der Waals surface area contributed by atoms with E-state index in [1.54, 1.807) is 25.4 Å². The van der Waals surface area contributed by atoms with Crippen molar-refractivity contribution in [3.05, 3.63) is 53.7 Å². The lowest BCUT2D eigenvalue weighted by molar-refractivity contribution is 0.415. The molecule has 0 radical (unpaired) electrons. The molecule has 2 N–H and O–H groups in total. The number of halogens is 1. The molecule has 7 nitrogen and oxygen atoms in total. The summed E-state index contributed by atoms with van der Waals surface area (Å²) in [5, 5.41) is 14.8. The standard InChI is InChI=1S/C18H19ClN6O/c1-25(2)14-7-4-12(5-8-14)21-17-11-20-24-18(23-17)22-13-6-9-16(26-3)15(19)10-13/h4-11H,1-3H3,(H2,21,22,23,24). The van der Waals surface area contributed by atoms with Gasteiger partial charge >= 0.3 is 0 Å². The van der Waals surface area contributed by atoms with Crippen molar-refractivity contribution in [3.63, 3.8) is 0 Å². The predicted molar refractivity (Wildman–Crippen MR) is 105 cm³/mol. The van der Waals surface area contributed by atoms with Gasteiger partial charge in [0.2, 0.25) is 5.95 Å². The van der Waals surface area contributed by atoms with Crippen molar-refractivity contribution >= 4 is 40.4 Å². The Morgan fingerprint density at radius 3 is 2.38 bits per heavy atom. The molecule has 26 heavy (non-hydrogen) atoms. The van der Waals surface area contributed by atoms with Gasteiger partial charge < -0.3 is 20.3 Å². The number of anilines is 5. The first-order valence-electron chi connectivity index (χ1n) is 7.90. The first-order chi connectivity index (χ1) is 12.5. The van der Waals surface area contributed by atoms with Crippen molar-refractivity contribution in [1.82, 2.24) is 15.2 Å². The molecule has 0 aliphatic heterocycles. The van der Waals surface area contributed by atoms with Crippen molar-refractivity contribution in [2.45, 2.75) is 0 Å². The lowest BCUT2D eigenvalue weighted by atomic mass is 10.2. The Morgan fingerprint density at radius 1 is 1.00 bits per heavy atom. The maximum absolute atomic E-state index is 6.13. The summed E-state index contributed by atoms with van der Waals surface area (Å²) in [6, 6.07) is 13.3. The molecule has 3 aromatic rings. The summed E-state index contributed by atoms with van der Waals surface area (Å²) in [7, 11) is 5.57. The first-order valence-corrected chi connectivity index (χ1v) is 8.27. The lowest BCUT2D eigenvalue weighted by Crippen LogP contribution is -2.08. The van der Waals surface area contributed by atoms with Crippen LogP contribution in [0, 0.1) is 0 Å². The molecule has 0 aliphatic carbocycles. The highest BCUT2D eigenvalue weighted by molar-refractivity contribution is 6.32. The van der Waals surface area contributed by atoms with Gasteiger partial charge in [-0.15, -0.1) is 5.10 Å². The van der Waals surface area contributed by atoms with Gasteiger partial charge in [-0.25, -0.2) is 0 Å². The molecule has 1 heterocycles. The molecule has 0 saturated heterocycles. The van der Waals surface area contributed by atoms with Gasteiger partial charge in [-0.3, -0.25) is 0 Å². The molecule has 0 atom stereocenters. The van der Waals surface area contributed by atoms with Gasteiger partial charge in [0.15, 0.2) is 5.82 Å². The lowest BCUT2D eigenvalue weighted by Gasteiger charge is -2.13. The summed E-state index contributed by atoms with van der Waals surface area (Å²) in [5.74, 6) is 1.55. The highest BCUT2D eigenvalue weighted by Crippen LogP contribution is 2.28. The van der Waals surface area contributed by atoms with E-state index in [1.807, 2.05) is 49.3 Å². The third-order valence-electron chi connectivity index (χ3n) is 3.62. The Bertz CT molecular complexity index is 885. The van der Waals surface area contributed by atoms with Crippen LogP contribution in [0.3, 0.4) is 0 Å². The van der Waals surface area contributed by atoms with E-state index < -0.39 is 0 Å². The summed E-state index contributed by atoms with van der Waals surface area (Å²) in [6.07, 6.45) is 1.56. The fourth-order valence-electron chi connectivity index (χ4n) is 2.28. The molecule has 0 fully saturated rings. The fourth-order valence-corrected chi connectivity index (χ4v) is 2.54. The topological polar surface area (TPSA) is 75.2 Å². The van der Waals surface area contributed by atoms with Crippen LogP contribution in [-0.4, -0.2) is 36.4 Å². The second-order valence-electron chi connectivity index (χ2n) is 5.71. The Labute approximate surface area is 157 Å². The van der Waals surface area contributed by atoms with Gasteiger partial charge in [-0.1, -0.05) is 11.6 Å². The number of hydrogen-bond donors (Lipinski definition) is 2. The second kappa shape index (κ2) is 7.88. The number of hydrogen-bond acceptors (Lipinski definition) is 7. The average molecular weight is 371 g/mol. The van der Waals surface area contributed by atoms with Crippen molar-refractivity contribution < 1.29 is 4.74 Å². The van der Waals surface area contributed by atoms with Crippen LogP contribution < -0.4 is 20.3 Å². The average Bonchev–Trinajstić information content (AvgIpc) is 2.63. The number of rotatable bonds is 6. The third kappa shape index (κ3) is 4.31. The molecule has 0 spiro atoms. The summed E-state index contributed by atoms with van der Waals surface area (Å²) in [6.45, 7) is 0.